The molecule has 3 aromatic rings. The SMILES string of the molecule is Cc1cc(C)cc(NC(=O)C2CCN(S(=O)(=O)c3cc(-c4noc(C)n4)cs3)CC2)c1. The molecule has 0 spiro atoms. The fourth-order valence-corrected chi connectivity index (χ4v) is 6.54. The summed E-state index contributed by atoms with van der Waals surface area (Å²) in [5.74, 6) is 0.519. The summed E-state index contributed by atoms with van der Waals surface area (Å²) in [6.45, 7) is 6.27. The van der Waals surface area contributed by atoms with Crippen molar-refractivity contribution in [2.45, 2.75) is 37.8 Å². The number of thiophene rings is 1. The number of nitrogens with one attached hydrogen (secondary N) is 1. The Kier molecular flexibility index (Phi) is 5.96. The number of rotatable bonds is 5. The Hall–Kier alpha value is -2.56. The zero-order valence-corrected chi connectivity index (χ0v) is 19.2. The molecule has 0 saturated carbocycles. The summed E-state index contributed by atoms with van der Waals surface area (Å²) in [5, 5.41) is 8.52. The van der Waals surface area contributed by atoms with Crippen molar-refractivity contribution in [2.24, 2.45) is 5.92 Å². The van der Waals surface area contributed by atoms with Crippen LogP contribution in [0.4, 0.5) is 5.69 Å². The van der Waals surface area contributed by atoms with E-state index in [1.54, 1.807) is 18.4 Å². The maximum absolute atomic E-state index is 13.1. The van der Waals surface area contributed by atoms with Gasteiger partial charge in [-0.2, -0.15) is 9.29 Å². The van der Waals surface area contributed by atoms with Gasteiger partial charge in [-0.15, -0.1) is 11.3 Å². The van der Waals surface area contributed by atoms with Crippen LogP contribution in [0.2, 0.25) is 0 Å². The Morgan fingerprint density at radius 1 is 1.13 bits per heavy atom. The van der Waals surface area contributed by atoms with E-state index in [0.717, 1.165) is 28.2 Å². The van der Waals surface area contributed by atoms with Crippen molar-refractivity contribution in [3.8, 4) is 11.4 Å². The molecular weight excluding hydrogens is 436 g/mol. The second-order valence-electron chi connectivity index (χ2n) is 7.84. The largest absolute Gasteiger partial charge is 0.339 e. The molecule has 1 amide bonds. The summed E-state index contributed by atoms with van der Waals surface area (Å²) in [5.41, 5.74) is 3.56. The molecule has 4 rings (SSSR count). The second-order valence-corrected chi connectivity index (χ2v) is 10.9. The van der Waals surface area contributed by atoms with Gasteiger partial charge in [0, 0.05) is 42.6 Å². The normalized spacial score (nSPS) is 15.8. The number of hydrogen-bond donors (Lipinski definition) is 1. The lowest BCUT2D eigenvalue weighted by Crippen LogP contribution is -2.41. The maximum atomic E-state index is 13.1. The van der Waals surface area contributed by atoms with E-state index in [0.29, 0.717) is 43.2 Å². The molecule has 0 unspecified atom stereocenters. The van der Waals surface area contributed by atoms with E-state index in [1.165, 1.54) is 4.31 Å². The number of piperidine rings is 1. The van der Waals surface area contributed by atoms with Crippen molar-refractivity contribution >= 4 is 33.0 Å². The molecule has 1 aliphatic heterocycles. The van der Waals surface area contributed by atoms with Crippen molar-refractivity contribution < 1.29 is 17.7 Å². The minimum atomic E-state index is -3.63. The Morgan fingerprint density at radius 3 is 2.42 bits per heavy atom. The van der Waals surface area contributed by atoms with Gasteiger partial charge in [-0.25, -0.2) is 8.42 Å². The number of sulfonamides is 1. The van der Waals surface area contributed by atoms with Crippen LogP contribution in [0.15, 0.2) is 38.4 Å². The molecule has 1 aliphatic rings. The van der Waals surface area contributed by atoms with Crippen molar-refractivity contribution in [3.05, 3.63) is 46.7 Å². The minimum absolute atomic E-state index is 0.0621. The van der Waals surface area contributed by atoms with Crippen molar-refractivity contribution in [1.29, 1.82) is 0 Å². The van der Waals surface area contributed by atoms with Gasteiger partial charge in [-0.1, -0.05) is 11.2 Å². The monoisotopic (exact) mass is 460 g/mol. The molecule has 3 heterocycles. The van der Waals surface area contributed by atoms with E-state index < -0.39 is 10.0 Å². The summed E-state index contributed by atoms with van der Waals surface area (Å²) in [6, 6.07) is 7.49. The van der Waals surface area contributed by atoms with Crippen LogP contribution in [0.5, 0.6) is 0 Å². The number of aryl methyl sites for hydroxylation is 3. The molecule has 8 nitrogen and oxygen atoms in total. The lowest BCUT2D eigenvalue weighted by molar-refractivity contribution is -0.120. The van der Waals surface area contributed by atoms with Gasteiger partial charge >= 0.3 is 0 Å². The molecule has 1 N–H and O–H groups in total. The van der Waals surface area contributed by atoms with Gasteiger partial charge in [0.25, 0.3) is 10.0 Å². The summed E-state index contributed by atoms with van der Waals surface area (Å²) in [6.07, 6.45) is 0.969. The molecule has 1 fully saturated rings. The number of aromatic nitrogens is 2. The highest BCUT2D eigenvalue weighted by atomic mass is 32.2. The zero-order valence-electron chi connectivity index (χ0n) is 17.6. The third-order valence-electron chi connectivity index (χ3n) is 5.27. The maximum Gasteiger partial charge on any atom is 0.252 e. The van der Waals surface area contributed by atoms with Gasteiger partial charge in [0.15, 0.2) is 0 Å². The predicted molar refractivity (Wildman–Crippen MR) is 118 cm³/mol. The Morgan fingerprint density at radius 2 is 1.81 bits per heavy atom. The molecule has 10 heteroatoms. The van der Waals surface area contributed by atoms with E-state index in [4.69, 9.17) is 4.52 Å². The first kappa shape index (κ1) is 21.7. The topological polar surface area (TPSA) is 105 Å². The predicted octanol–water partition coefficient (Wildman–Crippen LogP) is 3.76. The van der Waals surface area contributed by atoms with E-state index in [2.05, 4.69) is 21.5 Å². The van der Waals surface area contributed by atoms with E-state index >= 15 is 0 Å². The number of hydrogen-bond acceptors (Lipinski definition) is 7. The van der Waals surface area contributed by atoms with Crippen LogP contribution in [-0.2, 0) is 14.8 Å². The van der Waals surface area contributed by atoms with Crippen LogP contribution in [0.3, 0.4) is 0 Å². The highest BCUT2D eigenvalue weighted by molar-refractivity contribution is 7.91. The molecule has 31 heavy (non-hydrogen) atoms. The standard InChI is InChI=1S/C21H24N4O4S2/c1-13-8-14(2)10-18(9-13)23-21(26)16-4-6-25(7-5-16)31(27,28)19-11-17(12-30-19)20-22-15(3)29-24-20/h8-12,16H,4-7H2,1-3H3,(H,23,26). The number of carbonyl (C=O) groups is 1. The van der Waals surface area contributed by atoms with Crippen LogP contribution in [-0.4, -0.2) is 41.9 Å². The van der Waals surface area contributed by atoms with E-state index in [-0.39, 0.29) is 16.0 Å². The van der Waals surface area contributed by atoms with Crippen LogP contribution in [0.25, 0.3) is 11.4 Å². The van der Waals surface area contributed by atoms with Gasteiger partial charge in [0.05, 0.1) is 0 Å². The van der Waals surface area contributed by atoms with Gasteiger partial charge in [-0.3, -0.25) is 4.79 Å². The smallest absolute Gasteiger partial charge is 0.252 e. The summed E-state index contributed by atoms with van der Waals surface area (Å²) < 4.78 is 32.8. The average Bonchev–Trinajstić information content (AvgIpc) is 3.36. The molecule has 0 radical (unpaired) electrons. The third kappa shape index (κ3) is 4.70. The van der Waals surface area contributed by atoms with Crippen molar-refractivity contribution in [2.75, 3.05) is 18.4 Å². The lowest BCUT2D eigenvalue weighted by Gasteiger charge is -2.30. The molecule has 0 aliphatic carbocycles. The first-order chi connectivity index (χ1) is 14.7. The van der Waals surface area contributed by atoms with Crippen molar-refractivity contribution in [1.82, 2.24) is 14.4 Å². The van der Waals surface area contributed by atoms with Crippen LogP contribution in [0.1, 0.15) is 29.9 Å². The second kappa shape index (κ2) is 8.52. The summed E-state index contributed by atoms with van der Waals surface area (Å²) in [7, 11) is -3.63. The van der Waals surface area contributed by atoms with Gasteiger partial charge in [0.1, 0.15) is 4.21 Å². The quantitative estimate of drug-likeness (QED) is 0.621. The van der Waals surface area contributed by atoms with Gasteiger partial charge in [-0.05, 0) is 56.0 Å². The first-order valence-corrected chi connectivity index (χ1v) is 12.3. The lowest BCUT2D eigenvalue weighted by atomic mass is 9.97. The molecule has 1 aromatic carbocycles. The molecule has 0 bridgehead atoms. The highest BCUT2D eigenvalue weighted by Gasteiger charge is 2.33. The molecule has 0 atom stereocenters. The number of anilines is 1. The van der Waals surface area contributed by atoms with E-state index in [9.17, 15) is 13.2 Å². The van der Waals surface area contributed by atoms with Crippen molar-refractivity contribution in [3.63, 3.8) is 0 Å². The average molecular weight is 461 g/mol. The number of carbonyl (C=O) groups excluding carboxylic acids is 1. The fourth-order valence-electron chi connectivity index (χ4n) is 3.76. The Labute approximate surface area is 185 Å². The summed E-state index contributed by atoms with van der Waals surface area (Å²) in [4.78, 5) is 16.8. The molecule has 1 saturated heterocycles. The fraction of sp³-hybridized carbons (Fsp3) is 0.381. The van der Waals surface area contributed by atoms with Gasteiger partial charge < -0.3 is 9.84 Å². The summed E-state index contributed by atoms with van der Waals surface area (Å²) >= 11 is 1.14. The van der Waals surface area contributed by atoms with E-state index in [1.807, 2.05) is 26.0 Å². The Bertz CT molecular complexity index is 1190. The molecular formula is C21H24N4O4S2. The Balaban J connectivity index is 1.39. The minimum Gasteiger partial charge on any atom is -0.339 e. The number of amides is 1. The van der Waals surface area contributed by atoms with Gasteiger partial charge in [0.2, 0.25) is 17.6 Å². The number of benzene rings is 1. The van der Waals surface area contributed by atoms with Crippen LogP contribution >= 0.6 is 11.3 Å². The molecule has 164 valence electrons. The van der Waals surface area contributed by atoms with Crippen LogP contribution < -0.4 is 5.32 Å². The zero-order chi connectivity index (χ0) is 22.2. The first-order valence-electron chi connectivity index (χ1n) is 10.0. The number of nitrogens with zero attached hydrogens (tertiary/aromatic N) is 3. The molecule has 2 aromatic heterocycles. The third-order valence-corrected chi connectivity index (χ3v) is 8.58. The highest BCUT2D eigenvalue weighted by Crippen LogP contribution is 2.31. The van der Waals surface area contributed by atoms with Crippen LogP contribution in [0, 0.1) is 26.7 Å².